The third-order valence-corrected chi connectivity index (χ3v) is 6.42. The molecule has 0 radical (unpaired) electrons. The van der Waals surface area contributed by atoms with E-state index in [1.807, 2.05) is 64.5 Å². The van der Waals surface area contributed by atoms with E-state index in [2.05, 4.69) is 24.3 Å². The zero-order valence-corrected chi connectivity index (χ0v) is 15.8. The van der Waals surface area contributed by atoms with Gasteiger partial charge >= 0.3 is 0 Å². The molecule has 5 heteroatoms. The van der Waals surface area contributed by atoms with Gasteiger partial charge in [-0.25, -0.2) is 0 Å². The van der Waals surface area contributed by atoms with Crippen LogP contribution in [0.4, 0.5) is 0 Å². The Bertz CT molecular complexity index is 847. The van der Waals surface area contributed by atoms with Gasteiger partial charge in [0.2, 0.25) is 0 Å². The van der Waals surface area contributed by atoms with Gasteiger partial charge in [-0.15, -0.1) is 23.1 Å². The maximum atomic E-state index is 12.7. The Morgan fingerprint density at radius 1 is 1.04 bits per heavy atom. The topological polar surface area (TPSA) is 29.5 Å². The monoisotopic (exact) mass is 381 g/mol. The predicted octanol–water partition coefficient (Wildman–Crippen LogP) is 5.21. The van der Waals surface area contributed by atoms with Crippen molar-refractivity contribution in [2.24, 2.45) is 0 Å². The lowest BCUT2D eigenvalue weighted by atomic mass is 10.2. The quantitative estimate of drug-likeness (QED) is 0.607. The van der Waals surface area contributed by atoms with Crippen molar-refractivity contribution in [1.82, 2.24) is 4.90 Å². The van der Waals surface area contributed by atoms with Gasteiger partial charge in [0, 0.05) is 12.3 Å². The molecule has 26 heavy (non-hydrogen) atoms. The maximum absolute atomic E-state index is 12.7. The Hall–Kier alpha value is -2.24. The molecule has 0 N–H and O–H groups in total. The van der Waals surface area contributed by atoms with E-state index < -0.39 is 0 Å². The lowest BCUT2D eigenvalue weighted by Gasteiger charge is -2.23. The Morgan fingerprint density at radius 2 is 1.85 bits per heavy atom. The first kappa shape index (κ1) is 17.2. The number of benzene rings is 2. The van der Waals surface area contributed by atoms with Gasteiger partial charge in [0.05, 0.1) is 4.88 Å². The molecule has 2 heterocycles. The van der Waals surface area contributed by atoms with E-state index in [9.17, 15) is 4.79 Å². The van der Waals surface area contributed by atoms with E-state index in [1.165, 1.54) is 11.3 Å². The average Bonchev–Trinajstić information content (AvgIpc) is 3.39. The normalized spacial score (nSPS) is 16.6. The number of thiophene rings is 1. The maximum Gasteiger partial charge on any atom is 0.265 e. The number of carbonyl (C=O) groups excluding carboxylic acids is 1. The number of rotatable bonds is 5. The Labute approximate surface area is 161 Å². The van der Waals surface area contributed by atoms with Crippen LogP contribution in [0.1, 0.15) is 26.2 Å². The van der Waals surface area contributed by atoms with Crippen molar-refractivity contribution in [3.05, 3.63) is 88.1 Å². The summed E-state index contributed by atoms with van der Waals surface area (Å²) in [5.74, 6) is 1.93. The van der Waals surface area contributed by atoms with Crippen LogP contribution >= 0.6 is 23.1 Å². The molecule has 1 atom stereocenters. The van der Waals surface area contributed by atoms with Crippen LogP contribution in [0, 0.1) is 0 Å². The van der Waals surface area contributed by atoms with E-state index >= 15 is 0 Å². The number of thioether (sulfide) groups is 1. The van der Waals surface area contributed by atoms with Gasteiger partial charge in [-0.05, 0) is 34.7 Å². The molecule has 3 aromatic rings. The summed E-state index contributed by atoms with van der Waals surface area (Å²) in [4.78, 5) is 15.5. The molecular weight excluding hydrogens is 362 g/mol. The zero-order chi connectivity index (χ0) is 17.8. The van der Waals surface area contributed by atoms with Crippen molar-refractivity contribution in [2.75, 3.05) is 12.3 Å². The molecule has 132 valence electrons. The van der Waals surface area contributed by atoms with Crippen LogP contribution < -0.4 is 4.74 Å². The third kappa shape index (κ3) is 3.79. The number of ether oxygens (including phenoxy) is 1. The molecule has 0 unspecified atom stereocenters. The zero-order valence-electron chi connectivity index (χ0n) is 14.2. The molecule has 4 rings (SSSR count). The van der Waals surface area contributed by atoms with Crippen molar-refractivity contribution < 1.29 is 9.53 Å². The summed E-state index contributed by atoms with van der Waals surface area (Å²) < 4.78 is 5.86. The SMILES string of the molecule is O=C(c1cccs1)N1CCS[C@H]1c1ccc(OCc2ccccc2)cc1. The van der Waals surface area contributed by atoms with Crippen molar-refractivity contribution in [1.29, 1.82) is 0 Å². The van der Waals surface area contributed by atoms with Gasteiger partial charge in [-0.3, -0.25) is 4.79 Å². The first-order valence-electron chi connectivity index (χ1n) is 8.54. The predicted molar refractivity (Wildman–Crippen MR) is 108 cm³/mol. The summed E-state index contributed by atoms with van der Waals surface area (Å²) >= 11 is 3.32. The third-order valence-electron chi connectivity index (χ3n) is 4.30. The summed E-state index contributed by atoms with van der Waals surface area (Å²) in [7, 11) is 0. The fourth-order valence-corrected chi connectivity index (χ4v) is 4.90. The molecule has 1 amide bonds. The molecule has 2 aromatic carbocycles. The van der Waals surface area contributed by atoms with Crippen LogP contribution in [0.2, 0.25) is 0 Å². The molecule has 0 aliphatic carbocycles. The number of nitrogens with zero attached hydrogens (tertiary/aromatic N) is 1. The Morgan fingerprint density at radius 3 is 2.58 bits per heavy atom. The largest absolute Gasteiger partial charge is 0.489 e. The van der Waals surface area contributed by atoms with E-state index in [0.29, 0.717) is 6.61 Å². The van der Waals surface area contributed by atoms with Crippen LogP contribution in [0.5, 0.6) is 5.75 Å². The van der Waals surface area contributed by atoms with Crippen molar-refractivity contribution in [3.8, 4) is 5.75 Å². The van der Waals surface area contributed by atoms with E-state index in [4.69, 9.17) is 4.74 Å². The number of amides is 1. The first-order valence-corrected chi connectivity index (χ1v) is 10.5. The smallest absolute Gasteiger partial charge is 0.265 e. The summed E-state index contributed by atoms with van der Waals surface area (Å²) in [6, 6.07) is 22.1. The minimum atomic E-state index is 0.0766. The summed E-state index contributed by atoms with van der Waals surface area (Å²) in [5, 5.41) is 2.03. The molecule has 1 aliphatic rings. The summed E-state index contributed by atoms with van der Waals surface area (Å²) in [6.07, 6.45) is 0. The van der Waals surface area contributed by atoms with Crippen LogP contribution in [-0.4, -0.2) is 23.1 Å². The van der Waals surface area contributed by atoms with Gasteiger partial charge in [0.25, 0.3) is 5.91 Å². The number of carbonyl (C=O) groups is 1. The molecule has 0 saturated carbocycles. The van der Waals surface area contributed by atoms with Gasteiger partial charge in [0.1, 0.15) is 17.7 Å². The average molecular weight is 382 g/mol. The first-order chi connectivity index (χ1) is 12.8. The molecule has 1 aliphatic heterocycles. The molecule has 3 nitrogen and oxygen atoms in total. The molecule has 0 bridgehead atoms. The highest BCUT2D eigenvalue weighted by atomic mass is 32.2. The highest BCUT2D eigenvalue weighted by Gasteiger charge is 2.31. The van der Waals surface area contributed by atoms with Crippen molar-refractivity contribution in [3.63, 3.8) is 0 Å². The van der Waals surface area contributed by atoms with Crippen LogP contribution in [0.15, 0.2) is 72.1 Å². The molecule has 1 saturated heterocycles. The highest BCUT2D eigenvalue weighted by molar-refractivity contribution is 7.99. The molecule has 1 fully saturated rings. The fourth-order valence-electron chi connectivity index (χ4n) is 2.97. The van der Waals surface area contributed by atoms with E-state index in [-0.39, 0.29) is 11.3 Å². The van der Waals surface area contributed by atoms with Gasteiger partial charge in [0.15, 0.2) is 0 Å². The Kier molecular flexibility index (Phi) is 5.27. The van der Waals surface area contributed by atoms with Crippen LogP contribution in [0.25, 0.3) is 0 Å². The molecular formula is C21H19NO2S2. The Balaban J connectivity index is 1.43. The standard InChI is InChI=1S/C21H19NO2S2/c23-20(19-7-4-13-25-19)22-12-14-26-21(22)17-8-10-18(11-9-17)24-15-16-5-2-1-3-6-16/h1-11,13,21H,12,14-15H2/t21-/m0/s1. The lowest BCUT2D eigenvalue weighted by Crippen LogP contribution is -2.29. The van der Waals surface area contributed by atoms with Crippen molar-refractivity contribution in [2.45, 2.75) is 12.0 Å². The van der Waals surface area contributed by atoms with Gasteiger partial charge in [-0.2, -0.15) is 0 Å². The second-order valence-electron chi connectivity index (χ2n) is 6.04. The summed E-state index contributed by atoms with van der Waals surface area (Å²) in [5.41, 5.74) is 2.29. The highest BCUT2D eigenvalue weighted by Crippen LogP contribution is 2.39. The fraction of sp³-hybridized carbons (Fsp3) is 0.190. The second kappa shape index (κ2) is 7.98. The van der Waals surface area contributed by atoms with E-state index in [1.54, 1.807) is 0 Å². The molecule has 1 aromatic heterocycles. The van der Waals surface area contributed by atoms with Crippen LogP contribution in [-0.2, 0) is 6.61 Å². The van der Waals surface area contributed by atoms with E-state index in [0.717, 1.165) is 34.1 Å². The van der Waals surface area contributed by atoms with Gasteiger partial charge in [-0.1, -0.05) is 48.5 Å². The minimum absolute atomic E-state index is 0.0766. The number of hydrogen-bond acceptors (Lipinski definition) is 4. The van der Waals surface area contributed by atoms with Gasteiger partial charge < -0.3 is 9.64 Å². The number of hydrogen-bond donors (Lipinski definition) is 0. The van der Waals surface area contributed by atoms with Crippen LogP contribution in [0.3, 0.4) is 0 Å². The van der Waals surface area contributed by atoms with Crippen molar-refractivity contribution >= 4 is 29.0 Å². The molecule has 0 spiro atoms. The second-order valence-corrected chi connectivity index (χ2v) is 8.18. The minimum Gasteiger partial charge on any atom is -0.489 e. The summed E-state index contributed by atoms with van der Waals surface area (Å²) in [6.45, 7) is 1.35. The lowest BCUT2D eigenvalue weighted by molar-refractivity contribution is 0.0765.